The topological polar surface area (TPSA) is 49.4 Å². The van der Waals surface area contributed by atoms with E-state index in [0.29, 0.717) is 24.9 Å². The Morgan fingerprint density at radius 3 is 2.41 bits per heavy atom. The lowest BCUT2D eigenvalue weighted by atomic mass is 9.82. The first-order valence-corrected chi connectivity index (χ1v) is 14.2. The summed E-state index contributed by atoms with van der Waals surface area (Å²) in [6.07, 6.45) is 4.54. The Morgan fingerprint density at radius 2 is 1.74 bits per heavy atom. The number of rotatable bonds is 7. The molecule has 5 heteroatoms. The minimum Gasteiger partial charge on any atom is -0.331 e. The number of aryl methyl sites for hydroxylation is 2. The highest BCUT2D eigenvalue weighted by molar-refractivity contribution is 5.98. The van der Waals surface area contributed by atoms with Gasteiger partial charge in [-0.3, -0.25) is 9.59 Å². The molecular formula is C34H41FN2O2. The van der Waals surface area contributed by atoms with Crippen LogP contribution in [0.4, 0.5) is 10.1 Å². The predicted octanol–water partition coefficient (Wildman–Crippen LogP) is 8.01. The Hall–Kier alpha value is -3.47. The molecule has 206 valence electrons. The molecule has 0 bridgehead atoms. The number of nitrogens with one attached hydrogen (secondary N) is 1. The molecule has 2 amide bonds. The van der Waals surface area contributed by atoms with E-state index in [-0.39, 0.29) is 22.8 Å². The molecule has 0 spiro atoms. The van der Waals surface area contributed by atoms with Crippen LogP contribution in [0.2, 0.25) is 0 Å². The molecule has 4 nitrogen and oxygen atoms in total. The number of hydrogen-bond donors (Lipinski definition) is 1. The van der Waals surface area contributed by atoms with Gasteiger partial charge in [0.15, 0.2) is 0 Å². The van der Waals surface area contributed by atoms with Gasteiger partial charge in [0.25, 0.3) is 5.91 Å². The average molecular weight is 529 g/mol. The highest BCUT2D eigenvalue weighted by atomic mass is 19.1. The van der Waals surface area contributed by atoms with Crippen molar-refractivity contribution >= 4 is 17.5 Å². The summed E-state index contributed by atoms with van der Waals surface area (Å²) in [4.78, 5) is 29.4. The van der Waals surface area contributed by atoms with Crippen LogP contribution in [0.3, 0.4) is 0 Å². The molecule has 2 atom stereocenters. The molecule has 1 heterocycles. The Bertz CT molecular complexity index is 1290. The summed E-state index contributed by atoms with van der Waals surface area (Å²) in [6, 6.07) is 20.4. The molecule has 3 aromatic carbocycles. The van der Waals surface area contributed by atoms with Gasteiger partial charge in [0.2, 0.25) is 5.91 Å². The monoisotopic (exact) mass is 528 g/mol. The first-order chi connectivity index (χ1) is 18.6. The third-order valence-corrected chi connectivity index (χ3v) is 7.80. The third kappa shape index (κ3) is 6.58. The minimum absolute atomic E-state index is 0.0472. The molecule has 0 saturated carbocycles. The molecule has 39 heavy (non-hydrogen) atoms. The quantitative estimate of drug-likeness (QED) is 0.338. The first-order valence-electron chi connectivity index (χ1n) is 14.2. The van der Waals surface area contributed by atoms with Crippen molar-refractivity contribution in [1.29, 1.82) is 0 Å². The van der Waals surface area contributed by atoms with Gasteiger partial charge in [-0.1, -0.05) is 82.6 Å². The van der Waals surface area contributed by atoms with Crippen molar-refractivity contribution in [2.24, 2.45) is 5.92 Å². The van der Waals surface area contributed by atoms with Crippen LogP contribution >= 0.6 is 0 Å². The van der Waals surface area contributed by atoms with Gasteiger partial charge in [0.05, 0.1) is 17.5 Å². The second kappa shape index (κ2) is 12.1. The van der Waals surface area contributed by atoms with Gasteiger partial charge in [-0.05, 0) is 78.5 Å². The van der Waals surface area contributed by atoms with Crippen LogP contribution in [0.1, 0.15) is 92.0 Å². The number of piperidine rings is 1. The zero-order valence-corrected chi connectivity index (χ0v) is 23.9. The summed E-state index contributed by atoms with van der Waals surface area (Å²) in [7, 11) is 0. The molecule has 0 unspecified atom stereocenters. The van der Waals surface area contributed by atoms with Crippen molar-refractivity contribution in [3.8, 4) is 0 Å². The molecular weight excluding hydrogens is 487 g/mol. The zero-order valence-electron chi connectivity index (χ0n) is 23.9. The number of halogens is 1. The van der Waals surface area contributed by atoms with E-state index < -0.39 is 17.8 Å². The van der Waals surface area contributed by atoms with E-state index >= 15 is 0 Å². The molecule has 1 saturated heterocycles. The largest absolute Gasteiger partial charge is 0.331 e. The maximum atomic E-state index is 14.9. The maximum absolute atomic E-state index is 14.9. The average Bonchev–Trinajstić information content (AvgIpc) is 2.91. The van der Waals surface area contributed by atoms with Crippen LogP contribution in [0, 0.1) is 18.7 Å². The predicted molar refractivity (Wildman–Crippen MR) is 156 cm³/mol. The van der Waals surface area contributed by atoms with Crippen molar-refractivity contribution in [2.75, 3.05) is 11.9 Å². The normalized spacial score (nSPS) is 17.6. The Balaban J connectivity index is 1.70. The van der Waals surface area contributed by atoms with Crippen LogP contribution in [0.15, 0.2) is 66.7 Å². The summed E-state index contributed by atoms with van der Waals surface area (Å²) >= 11 is 0. The van der Waals surface area contributed by atoms with E-state index in [2.05, 4.69) is 51.2 Å². The Labute approximate surface area is 232 Å². The standard InChI is InChI=1S/C34H41FN2O2/c1-6-7-12-24-17-19-25(20-18-24)31-28(32(38)36-27-14-9-13-26(22-27)34(3,4)5)15-10-21-37(31)33(39)30-23(2)11-8-16-29(30)35/h8-9,11,13-14,16-20,22,28,31H,6-7,10,12,15,21H2,1-5H3,(H,36,38)/t28-,31-/m0/s1. The lowest BCUT2D eigenvalue weighted by molar-refractivity contribution is -0.123. The Morgan fingerprint density at radius 1 is 1.03 bits per heavy atom. The second-order valence-corrected chi connectivity index (χ2v) is 11.8. The van der Waals surface area contributed by atoms with Gasteiger partial charge < -0.3 is 10.2 Å². The number of carbonyl (C=O) groups is 2. The van der Waals surface area contributed by atoms with Gasteiger partial charge in [0, 0.05) is 12.2 Å². The fourth-order valence-corrected chi connectivity index (χ4v) is 5.52. The number of unbranched alkanes of at least 4 members (excludes halogenated alkanes) is 1. The van der Waals surface area contributed by atoms with Crippen molar-refractivity contribution < 1.29 is 14.0 Å². The summed E-state index contributed by atoms with van der Waals surface area (Å²) in [6.45, 7) is 10.8. The number of carbonyl (C=O) groups excluding carboxylic acids is 2. The van der Waals surface area contributed by atoms with Crippen LogP contribution in [0.5, 0.6) is 0 Å². The number of nitrogens with zero attached hydrogens (tertiary/aromatic N) is 1. The summed E-state index contributed by atoms with van der Waals surface area (Å²) in [5, 5.41) is 3.13. The second-order valence-electron chi connectivity index (χ2n) is 11.8. The number of anilines is 1. The van der Waals surface area contributed by atoms with Crippen molar-refractivity contribution in [3.63, 3.8) is 0 Å². The highest BCUT2D eigenvalue weighted by Gasteiger charge is 2.40. The summed E-state index contributed by atoms with van der Waals surface area (Å²) < 4.78 is 14.9. The van der Waals surface area contributed by atoms with Crippen LogP contribution in [-0.2, 0) is 16.6 Å². The first kappa shape index (κ1) is 28.5. The van der Waals surface area contributed by atoms with Gasteiger partial charge >= 0.3 is 0 Å². The number of amides is 2. The van der Waals surface area contributed by atoms with E-state index in [0.717, 1.165) is 36.1 Å². The maximum Gasteiger partial charge on any atom is 0.257 e. The van der Waals surface area contributed by atoms with E-state index in [1.54, 1.807) is 24.0 Å². The van der Waals surface area contributed by atoms with Gasteiger partial charge in [-0.25, -0.2) is 4.39 Å². The van der Waals surface area contributed by atoms with Crippen LogP contribution in [0.25, 0.3) is 0 Å². The molecule has 0 aliphatic carbocycles. The van der Waals surface area contributed by atoms with Crippen LogP contribution in [-0.4, -0.2) is 23.3 Å². The SMILES string of the molecule is CCCCc1ccc([C@H]2[C@@H](C(=O)Nc3cccc(C(C)(C)C)c3)CCCN2C(=O)c2c(C)cccc2F)cc1. The third-order valence-electron chi connectivity index (χ3n) is 7.80. The van der Waals surface area contributed by atoms with Gasteiger partial charge in [-0.2, -0.15) is 0 Å². The highest BCUT2D eigenvalue weighted by Crippen LogP contribution is 2.39. The molecule has 1 N–H and O–H groups in total. The van der Waals surface area contributed by atoms with Crippen molar-refractivity contribution in [2.45, 2.75) is 78.2 Å². The molecule has 0 aromatic heterocycles. The van der Waals surface area contributed by atoms with E-state index in [9.17, 15) is 14.0 Å². The van der Waals surface area contributed by atoms with Crippen molar-refractivity contribution in [3.05, 3.63) is 100 Å². The zero-order chi connectivity index (χ0) is 28.2. The lowest BCUT2D eigenvalue weighted by Gasteiger charge is -2.41. The van der Waals surface area contributed by atoms with Crippen molar-refractivity contribution in [1.82, 2.24) is 4.90 Å². The molecule has 3 aromatic rings. The molecule has 0 radical (unpaired) electrons. The molecule has 1 aliphatic rings. The Kier molecular flexibility index (Phi) is 8.89. The van der Waals surface area contributed by atoms with Gasteiger partial charge in [0.1, 0.15) is 5.82 Å². The van der Waals surface area contributed by atoms with E-state index in [1.165, 1.54) is 11.6 Å². The summed E-state index contributed by atoms with van der Waals surface area (Å²) in [5.74, 6) is -1.48. The number of hydrogen-bond acceptors (Lipinski definition) is 2. The molecule has 4 rings (SSSR count). The summed E-state index contributed by atoms with van der Waals surface area (Å²) in [5.41, 5.74) is 4.65. The number of likely N-dealkylation sites (tertiary alicyclic amines) is 1. The smallest absolute Gasteiger partial charge is 0.257 e. The van der Waals surface area contributed by atoms with E-state index in [1.807, 2.05) is 30.3 Å². The minimum atomic E-state index is -0.528. The fraction of sp³-hybridized carbons (Fsp3) is 0.412. The molecule has 1 fully saturated rings. The van der Waals surface area contributed by atoms with Gasteiger partial charge in [-0.15, -0.1) is 0 Å². The van der Waals surface area contributed by atoms with Crippen LogP contribution < -0.4 is 5.32 Å². The van der Waals surface area contributed by atoms with E-state index in [4.69, 9.17) is 0 Å². The fourth-order valence-electron chi connectivity index (χ4n) is 5.52. The molecule has 1 aliphatic heterocycles. The number of benzene rings is 3. The lowest BCUT2D eigenvalue weighted by Crippen LogP contribution is -2.46.